The van der Waals surface area contributed by atoms with E-state index in [1.54, 1.807) is 6.92 Å². The van der Waals surface area contributed by atoms with Crippen LogP contribution in [0.4, 0.5) is 4.79 Å². The van der Waals surface area contributed by atoms with Gasteiger partial charge >= 0.3 is 6.16 Å². The number of ether oxygens (including phenoxy) is 3. The Morgan fingerprint density at radius 2 is 2.06 bits per heavy atom. The van der Waals surface area contributed by atoms with Crippen LogP contribution in [-0.4, -0.2) is 31.6 Å². The molecule has 0 aromatic heterocycles. The van der Waals surface area contributed by atoms with Crippen molar-refractivity contribution in [3.05, 3.63) is 0 Å². The molecule has 1 saturated heterocycles. The van der Waals surface area contributed by atoms with Crippen molar-refractivity contribution in [3.8, 4) is 0 Å². The fourth-order valence-corrected chi connectivity index (χ4v) is 2.04. The van der Waals surface area contributed by atoms with Gasteiger partial charge in [0.2, 0.25) is 0 Å². The minimum Gasteiger partial charge on any atom is -0.435 e. The lowest BCUT2D eigenvalue weighted by atomic mass is 9.77. The second-order valence-electron chi connectivity index (χ2n) is 5.07. The van der Waals surface area contributed by atoms with Crippen molar-refractivity contribution in [1.29, 1.82) is 0 Å². The van der Waals surface area contributed by atoms with Crippen LogP contribution >= 0.6 is 0 Å². The van der Waals surface area contributed by atoms with E-state index in [9.17, 15) is 4.79 Å². The predicted molar refractivity (Wildman–Crippen MR) is 60.3 cm³/mol. The summed E-state index contributed by atoms with van der Waals surface area (Å²) in [4.78, 5) is 11.3. The molecule has 0 spiro atoms. The molecule has 0 bridgehead atoms. The molecular formula is C12H22O4. The maximum atomic E-state index is 11.3. The topological polar surface area (TPSA) is 44.8 Å². The first-order valence-corrected chi connectivity index (χ1v) is 5.86. The van der Waals surface area contributed by atoms with Crippen molar-refractivity contribution in [3.63, 3.8) is 0 Å². The van der Waals surface area contributed by atoms with Gasteiger partial charge < -0.3 is 14.2 Å². The van der Waals surface area contributed by atoms with Gasteiger partial charge in [-0.25, -0.2) is 4.79 Å². The van der Waals surface area contributed by atoms with Crippen LogP contribution in [-0.2, 0) is 14.2 Å². The lowest BCUT2D eigenvalue weighted by molar-refractivity contribution is -0.144. The fraction of sp³-hybridized carbons (Fsp3) is 0.917. The van der Waals surface area contributed by atoms with Crippen molar-refractivity contribution in [1.82, 2.24) is 0 Å². The minimum atomic E-state index is -0.573. The van der Waals surface area contributed by atoms with Crippen molar-refractivity contribution in [2.75, 3.05) is 19.8 Å². The molecule has 16 heavy (non-hydrogen) atoms. The molecule has 0 radical (unpaired) electrons. The van der Waals surface area contributed by atoms with Crippen molar-refractivity contribution in [2.45, 2.75) is 46.1 Å². The van der Waals surface area contributed by atoms with Crippen LogP contribution in [0.1, 0.15) is 40.5 Å². The van der Waals surface area contributed by atoms with E-state index >= 15 is 0 Å². The average molecular weight is 230 g/mol. The van der Waals surface area contributed by atoms with Gasteiger partial charge in [0.05, 0.1) is 19.8 Å². The molecule has 4 nitrogen and oxygen atoms in total. The molecule has 1 aliphatic heterocycles. The largest absolute Gasteiger partial charge is 0.508 e. The molecule has 0 aliphatic carbocycles. The molecule has 0 amide bonds. The number of hydrogen-bond donors (Lipinski definition) is 0. The minimum absolute atomic E-state index is 0.136. The van der Waals surface area contributed by atoms with Crippen LogP contribution in [0, 0.1) is 5.41 Å². The Morgan fingerprint density at radius 3 is 2.44 bits per heavy atom. The predicted octanol–water partition coefficient (Wildman–Crippen LogP) is 2.75. The molecule has 1 aliphatic rings. The SMILES string of the molecule is CCOC(=O)OC(C)(CC)CC1(C)COC1. The Morgan fingerprint density at radius 1 is 1.44 bits per heavy atom. The van der Waals surface area contributed by atoms with E-state index in [1.807, 2.05) is 13.8 Å². The molecule has 1 unspecified atom stereocenters. The zero-order valence-corrected chi connectivity index (χ0v) is 10.7. The Balaban J connectivity index is 2.51. The van der Waals surface area contributed by atoms with Crippen LogP contribution in [0.15, 0.2) is 0 Å². The zero-order valence-electron chi connectivity index (χ0n) is 10.7. The van der Waals surface area contributed by atoms with Crippen LogP contribution in [0.5, 0.6) is 0 Å². The van der Waals surface area contributed by atoms with E-state index in [1.165, 1.54) is 0 Å². The summed E-state index contributed by atoms with van der Waals surface area (Å²) >= 11 is 0. The quantitative estimate of drug-likeness (QED) is 0.681. The first-order valence-electron chi connectivity index (χ1n) is 5.86. The summed E-state index contributed by atoms with van der Waals surface area (Å²) < 4.78 is 15.4. The third kappa shape index (κ3) is 3.37. The van der Waals surface area contributed by atoms with Gasteiger partial charge in [0.1, 0.15) is 5.60 Å². The third-order valence-electron chi connectivity index (χ3n) is 3.04. The highest BCUT2D eigenvalue weighted by Gasteiger charge is 2.42. The maximum absolute atomic E-state index is 11.3. The van der Waals surface area contributed by atoms with Gasteiger partial charge in [0, 0.05) is 5.41 Å². The van der Waals surface area contributed by atoms with Gasteiger partial charge in [0.15, 0.2) is 0 Å². The van der Waals surface area contributed by atoms with Crippen LogP contribution in [0.3, 0.4) is 0 Å². The molecule has 1 heterocycles. The van der Waals surface area contributed by atoms with Crippen LogP contribution in [0.2, 0.25) is 0 Å². The lowest BCUT2D eigenvalue weighted by Crippen LogP contribution is -2.47. The summed E-state index contributed by atoms with van der Waals surface area (Å²) in [5, 5.41) is 0. The Hall–Kier alpha value is -0.770. The molecule has 0 aromatic carbocycles. The summed E-state index contributed by atoms with van der Waals surface area (Å²) in [7, 11) is 0. The van der Waals surface area contributed by atoms with E-state index in [-0.39, 0.29) is 5.41 Å². The number of carbonyl (C=O) groups is 1. The van der Waals surface area contributed by atoms with E-state index in [2.05, 4.69) is 6.92 Å². The molecule has 0 saturated carbocycles. The van der Waals surface area contributed by atoms with Gasteiger partial charge in [-0.3, -0.25) is 0 Å². The number of rotatable bonds is 5. The monoisotopic (exact) mass is 230 g/mol. The normalized spacial score (nSPS) is 21.8. The van der Waals surface area contributed by atoms with Gasteiger partial charge in [-0.05, 0) is 26.7 Å². The van der Waals surface area contributed by atoms with Gasteiger partial charge in [-0.1, -0.05) is 13.8 Å². The lowest BCUT2D eigenvalue weighted by Gasteiger charge is -2.43. The standard InChI is InChI=1S/C12H22O4/c1-5-12(4,16-10(13)15-6-2)7-11(3)8-14-9-11/h5-9H2,1-4H3. The first kappa shape index (κ1) is 13.3. The van der Waals surface area contributed by atoms with Gasteiger partial charge in [-0.2, -0.15) is 0 Å². The summed E-state index contributed by atoms with van der Waals surface area (Å²) in [6.45, 7) is 9.72. The second-order valence-corrected chi connectivity index (χ2v) is 5.07. The van der Waals surface area contributed by atoms with Crippen LogP contribution in [0.25, 0.3) is 0 Å². The van der Waals surface area contributed by atoms with E-state index in [0.717, 1.165) is 26.1 Å². The van der Waals surface area contributed by atoms with Gasteiger partial charge in [-0.15, -0.1) is 0 Å². The third-order valence-corrected chi connectivity index (χ3v) is 3.04. The molecule has 94 valence electrons. The average Bonchev–Trinajstić information content (AvgIpc) is 2.15. The molecular weight excluding hydrogens is 208 g/mol. The first-order chi connectivity index (χ1) is 7.43. The summed E-state index contributed by atoms with van der Waals surface area (Å²) in [5.41, 5.74) is -0.317. The summed E-state index contributed by atoms with van der Waals surface area (Å²) in [6, 6.07) is 0. The van der Waals surface area contributed by atoms with E-state index < -0.39 is 11.8 Å². The highest BCUT2D eigenvalue weighted by Crippen LogP contribution is 2.38. The van der Waals surface area contributed by atoms with Gasteiger partial charge in [0.25, 0.3) is 0 Å². The zero-order chi connectivity index (χ0) is 12.2. The highest BCUT2D eigenvalue weighted by molar-refractivity contribution is 5.60. The van der Waals surface area contributed by atoms with Crippen molar-refractivity contribution < 1.29 is 19.0 Å². The molecule has 1 atom stereocenters. The summed E-state index contributed by atoms with van der Waals surface area (Å²) in [6.07, 6.45) is 1.02. The van der Waals surface area contributed by atoms with E-state index in [4.69, 9.17) is 14.2 Å². The maximum Gasteiger partial charge on any atom is 0.508 e. The number of hydrogen-bond acceptors (Lipinski definition) is 4. The van der Waals surface area contributed by atoms with Crippen LogP contribution < -0.4 is 0 Å². The van der Waals surface area contributed by atoms with Crippen molar-refractivity contribution in [2.24, 2.45) is 5.41 Å². The second kappa shape index (κ2) is 5.04. The Bertz CT molecular complexity index is 247. The molecule has 4 heteroatoms. The van der Waals surface area contributed by atoms with E-state index in [0.29, 0.717) is 6.61 Å². The fourth-order valence-electron chi connectivity index (χ4n) is 2.04. The van der Waals surface area contributed by atoms with Crippen molar-refractivity contribution >= 4 is 6.16 Å². The molecule has 1 fully saturated rings. The number of carbonyl (C=O) groups excluding carboxylic acids is 1. The Kier molecular flexibility index (Phi) is 4.19. The molecule has 0 aromatic rings. The summed E-state index contributed by atoms with van der Waals surface area (Å²) in [5.74, 6) is 0. The smallest absolute Gasteiger partial charge is 0.435 e. The molecule has 0 N–H and O–H groups in total. The highest BCUT2D eigenvalue weighted by atomic mass is 16.7. The Labute approximate surface area is 97.2 Å². The molecule has 1 rings (SSSR count).